The van der Waals surface area contributed by atoms with Crippen LogP contribution in [0.1, 0.15) is 12.5 Å². The third-order valence-electron chi connectivity index (χ3n) is 3.14. The van der Waals surface area contributed by atoms with Crippen molar-refractivity contribution in [2.45, 2.75) is 19.4 Å². The zero-order chi connectivity index (χ0) is 12.3. The first-order valence-electron chi connectivity index (χ1n) is 6.06. The van der Waals surface area contributed by atoms with Gasteiger partial charge in [-0.2, -0.15) is 0 Å². The largest absolute Gasteiger partial charge is 0.377 e. The van der Waals surface area contributed by atoms with Crippen molar-refractivity contribution in [3.05, 3.63) is 29.6 Å². The fraction of sp³-hybridized carbons (Fsp3) is 0.538. The molecule has 0 radical (unpaired) electrons. The van der Waals surface area contributed by atoms with Gasteiger partial charge in [0.15, 0.2) is 0 Å². The van der Waals surface area contributed by atoms with E-state index < -0.39 is 0 Å². The molecule has 0 aliphatic carbocycles. The van der Waals surface area contributed by atoms with E-state index in [9.17, 15) is 4.39 Å². The molecule has 1 heterocycles. The van der Waals surface area contributed by atoms with Crippen LogP contribution in [0.15, 0.2) is 18.2 Å². The number of nitrogens with zero attached hydrogens (tertiary/aromatic N) is 1. The third kappa shape index (κ3) is 2.58. The predicted molar refractivity (Wildman–Crippen MR) is 66.8 cm³/mol. The van der Waals surface area contributed by atoms with Crippen LogP contribution in [0.4, 0.5) is 10.1 Å². The van der Waals surface area contributed by atoms with Crippen LogP contribution >= 0.6 is 0 Å². The Hall–Kier alpha value is -1.13. The molecule has 1 aromatic rings. The molecule has 94 valence electrons. The van der Waals surface area contributed by atoms with Gasteiger partial charge in [0, 0.05) is 12.6 Å². The van der Waals surface area contributed by atoms with Crippen molar-refractivity contribution in [2.75, 3.05) is 31.2 Å². The lowest BCUT2D eigenvalue weighted by Gasteiger charge is -2.36. The molecule has 1 aliphatic rings. The van der Waals surface area contributed by atoms with Crippen LogP contribution in [0.2, 0.25) is 0 Å². The van der Waals surface area contributed by atoms with Crippen molar-refractivity contribution >= 4 is 5.69 Å². The van der Waals surface area contributed by atoms with Crippen molar-refractivity contribution in [3.8, 4) is 0 Å². The molecule has 1 unspecified atom stereocenters. The average molecular weight is 238 g/mol. The highest BCUT2D eigenvalue weighted by Crippen LogP contribution is 2.27. The van der Waals surface area contributed by atoms with Crippen molar-refractivity contribution in [1.82, 2.24) is 0 Å². The smallest absolute Gasteiger partial charge is 0.146 e. The summed E-state index contributed by atoms with van der Waals surface area (Å²) in [5.41, 5.74) is 7.27. The van der Waals surface area contributed by atoms with E-state index in [1.54, 1.807) is 6.07 Å². The summed E-state index contributed by atoms with van der Waals surface area (Å²) < 4.78 is 19.4. The summed E-state index contributed by atoms with van der Waals surface area (Å²) in [7, 11) is 0. The maximum atomic E-state index is 14.0. The monoisotopic (exact) mass is 238 g/mol. The highest BCUT2D eigenvalue weighted by molar-refractivity contribution is 5.56. The minimum Gasteiger partial charge on any atom is -0.377 e. The Balaban J connectivity index is 2.34. The molecule has 0 aromatic heterocycles. The standard InChI is InChI=1S/C13H19FN2O/c1-10-9-17-8-7-16(10)13-11(5-6-15)3-2-4-12(13)14/h2-4,10H,5-9,15H2,1H3. The van der Waals surface area contributed by atoms with Crippen molar-refractivity contribution < 1.29 is 9.13 Å². The minimum atomic E-state index is -0.162. The predicted octanol–water partition coefficient (Wildman–Crippen LogP) is 1.55. The van der Waals surface area contributed by atoms with Gasteiger partial charge in [-0.15, -0.1) is 0 Å². The first-order valence-corrected chi connectivity index (χ1v) is 6.06. The van der Waals surface area contributed by atoms with Gasteiger partial charge in [-0.1, -0.05) is 12.1 Å². The Bertz CT molecular complexity index is 384. The topological polar surface area (TPSA) is 38.5 Å². The summed E-state index contributed by atoms with van der Waals surface area (Å²) in [6.45, 7) is 4.63. The van der Waals surface area contributed by atoms with Crippen LogP contribution in [0, 0.1) is 5.82 Å². The average Bonchev–Trinajstić information content (AvgIpc) is 2.31. The summed E-state index contributed by atoms with van der Waals surface area (Å²) in [5.74, 6) is -0.162. The van der Waals surface area contributed by atoms with Gasteiger partial charge in [-0.05, 0) is 31.5 Å². The number of halogens is 1. The molecule has 0 spiro atoms. The van der Waals surface area contributed by atoms with E-state index in [1.807, 2.05) is 6.07 Å². The zero-order valence-electron chi connectivity index (χ0n) is 10.2. The Morgan fingerprint density at radius 2 is 2.35 bits per heavy atom. The summed E-state index contributed by atoms with van der Waals surface area (Å²) in [6, 6.07) is 5.41. The molecular formula is C13H19FN2O. The van der Waals surface area contributed by atoms with E-state index >= 15 is 0 Å². The van der Waals surface area contributed by atoms with Crippen LogP contribution in [0.25, 0.3) is 0 Å². The van der Waals surface area contributed by atoms with E-state index in [-0.39, 0.29) is 11.9 Å². The van der Waals surface area contributed by atoms with Crippen LogP contribution in [-0.2, 0) is 11.2 Å². The summed E-state index contributed by atoms with van der Waals surface area (Å²) in [6.07, 6.45) is 0.706. The number of hydrogen-bond donors (Lipinski definition) is 1. The number of nitrogens with two attached hydrogens (primary N) is 1. The fourth-order valence-corrected chi connectivity index (χ4v) is 2.30. The van der Waals surface area contributed by atoms with Crippen molar-refractivity contribution in [2.24, 2.45) is 5.73 Å². The van der Waals surface area contributed by atoms with E-state index in [4.69, 9.17) is 10.5 Å². The van der Waals surface area contributed by atoms with Crippen LogP contribution in [0.5, 0.6) is 0 Å². The van der Waals surface area contributed by atoms with Gasteiger partial charge in [-0.25, -0.2) is 4.39 Å². The molecule has 2 rings (SSSR count). The minimum absolute atomic E-state index is 0.162. The van der Waals surface area contributed by atoms with Crippen LogP contribution in [0.3, 0.4) is 0 Å². The Labute approximate surface area is 101 Å². The molecular weight excluding hydrogens is 219 g/mol. The number of ether oxygens (including phenoxy) is 1. The van der Waals surface area contributed by atoms with Crippen molar-refractivity contribution in [3.63, 3.8) is 0 Å². The lowest BCUT2D eigenvalue weighted by atomic mass is 10.1. The molecule has 3 nitrogen and oxygen atoms in total. The maximum absolute atomic E-state index is 14.0. The van der Waals surface area contributed by atoms with E-state index in [1.165, 1.54) is 6.07 Å². The van der Waals surface area contributed by atoms with Gasteiger partial charge in [0.25, 0.3) is 0 Å². The Morgan fingerprint density at radius 1 is 1.53 bits per heavy atom. The van der Waals surface area contributed by atoms with Crippen LogP contribution < -0.4 is 10.6 Å². The lowest BCUT2D eigenvalue weighted by Crippen LogP contribution is -2.44. The first-order chi connectivity index (χ1) is 8.24. The van der Waals surface area contributed by atoms with Gasteiger partial charge in [0.05, 0.1) is 18.9 Å². The molecule has 0 bridgehead atoms. The van der Waals surface area contributed by atoms with Gasteiger partial charge < -0.3 is 15.4 Å². The third-order valence-corrected chi connectivity index (χ3v) is 3.14. The van der Waals surface area contributed by atoms with Gasteiger partial charge in [-0.3, -0.25) is 0 Å². The molecule has 2 N–H and O–H groups in total. The Kier molecular flexibility index (Phi) is 3.97. The van der Waals surface area contributed by atoms with E-state index in [2.05, 4.69) is 11.8 Å². The number of morpholine rings is 1. The SMILES string of the molecule is CC1COCCN1c1c(F)cccc1CCN. The number of para-hydroxylation sites is 1. The summed E-state index contributed by atoms with van der Waals surface area (Å²) in [4.78, 5) is 2.09. The number of benzene rings is 1. The first kappa shape index (κ1) is 12.3. The number of anilines is 1. The molecule has 1 saturated heterocycles. The summed E-state index contributed by atoms with van der Waals surface area (Å²) >= 11 is 0. The molecule has 1 atom stereocenters. The molecule has 0 amide bonds. The molecule has 1 fully saturated rings. The van der Waals surface area contributed by atoms with E-state index in [0.717, 1.165) is 12.1 Å². The summed E-state index contributed by atoms with van der Waals surface area (Å²) in [5, 5.41) is 0. The van der Waals surface area contributed by atoms with E-state index in [0.29, 0.717) is 31.9 Å². The number of rotatable bonds is 3. The van der Waals surface area contributed by atoms with Gasteiger partial charge >= 0.3 is 0 Å². The highest BCUT2D eigenvalue weighted by Gasteiger charge is 2.23. The molecule has 0 saturated carbocycles. The second-order valence-corrected chi connectivity index (χ2v) is 4.40. The molecule has 17 heavy (non-hydrogen) atoms. The highest BCUT2D eigenvalue weighted by atomic mass is 19.1. The molecule has 4 heteroatoms. The fourth-order valence-electron chi connectivity index (χ4n) is 2.30. The maximum Gasteiger partial charge on any atom is 0.146 e. The second kappa shape index (κ2) is 5.47. The zero-order valence-corrected chi connectivity index (χ0v) is 10.2. The van der Waals surface area contributed by atoms with Gasteiger partial charge in [0.1, 0.15) is 5.82 Å². The quantitative estimate of drug-likeness (QED) is 0.868. The van der Waals surface area contributed by atoms with Crippen molar-refractivity contribution in [1.29, 1.82) is 0 Å². The Morgan fingerprint density at radius 3 is 3.06 bits per heavy atom. The number of hydrogen-bond acceptors (Lipinski definition) is 3. The molecule has 1 aromatic carbocycles. The van der Waals surface area contributed by atoms with Gasteiger partial charge in [0.2, 0.25) is 0 Å². The normalized spacial score (nSPS) is 20.6. The second-order valence-electron chi connectivity index (χ2n) is 4.40. The lowest BCUT2D eigenvalue weighted by molar-refractivity contribution is 0.0985. The molecule has 1 aliphatic heterocycles. The van der Waals surface area contributed by atoms with Crippen LogP contribution in [-0.4, -0.2) is 32.3 Å².